The molecule has 0 saturated heterocycles. The number of hydrogen-bond acceptors (Lipinski definition) is 4. The Morgan fingerprint density at radius 3 is 1.52 bits per heavy atom. The van der Waals surface area contributed by atoms with E-state index in [1.54, 1.807) is 24.8 Å². The number of primary amides is 2. The van der Waals surface area contributed by atoms with Crippen LogP contribution in [-0.4, -0.2) is 17.3 Å². The Balaban J connectivity index is 0.000000403. The number of nitrogens with one attached hydrogen (secondary N) is 2. The Labute approximate surface area is 135 Å². The number of carbonyl (C=O) groups is 2. The van der Waals surface area contributed by atoms with Crippen LogP contribution in [0.5, 0.6) is 0 Å². The molecule has 8 N–H and O–H groups in total. The van der Waals surface area contributed by atoms with Crippen LogP contribution in [0, 0.1) is 0 Å². The van der Waals surface area contributed by atoms with Crippen molar-refractivity contribution in [3.05, 3.63) is 72.4 Å². The van der Waals surface area contributed by atoms with E-state index in [1.165, 1.54) is 0 Å². The molecule has 2 aliphatic rings. The van der Waals surface area contributed by atoms with Crippen molar-refractivity contribution in [2.45, 2.75) is 12.8 Å². The van der Waals surface area contributed by atoms with Crippen LogP contribution >= 0.6 is 0 Å². The summed E-state index contributed by atoms with van der Waals surface area (Å²) in [4.78, 5) is 21.0. The number of allylic oxidation sites excluding steroid dienone is 6. The van der Waals surface area contributed by atoms with Gasteiger partial charge in [0.1, 0.15) is 0 Å². The molecule has 0 aromatic rings. The predicted octanol–water partition coefficient (Wildman–Crippen LogP) is 0.0129. The smallest absolute Gasteiger partial charge is 0.221 e. The van der Waals surface area contributed by atoms with E-state index in [9.17, 15) is 9.59 Å². The summed E-state index contributed by atoms with van der Waals surface area (Å²) in [7, 11) is 0. The average molecular weight is 318 g/mol. The zero-order valence-electron chi connectivity index (χ0n) is 12.7. The fourth-order valence-corrected chi connectivity index (χ4v) is 1.61. The van der Waals surface area contributed by atoms with E-state index in [-0.39, 0.29) is 30.1 Å². The second-order valence-corrected chi connectivity index (χ2v) is 4.49. The molecule has 2 aliphatic heterocycles. The lowest BCUT2D eigenvalue weighted by Crippen LogP contribution is -2.11. The molecule has 2 amide bonds. The van der Waals surface area contributed by atoms with Gasteiger partial charge in [0.2, 0.25) is 11.8 Å². The summed E-state index contributed by atoms with van der Waals surface area (Å²) in [5.74, 6) is -0.630. The highest BCUT2D eigenvalue weighted by Gasteiger charge is 1.98. The normalized spacial score (nSPS) is 14.4. The van der Waals surface area contributed by atoms with Crippen LogP contribution in [0.2, 0.25) is 0 Å². The molecular formula is C16H22N4O3. The van der Waals surface area contributed by atoms with E-state index in [0.29, 0.717) is 0 Å². The van der Waals surface area contributed by atoms with Gasteiger partial charge in [-0.3, -0.25) is 9.59 Å². The van der Waals surface area contributed by atoms with Gasteiger partial charge in [-0.05, 0) is 23.3 Å². The minimum absolute atomic E-state index is 0. The van der Waals surface area contributed by atoms with Gasteiger partial charge in [0.25, 0.3) is 0 Å². The third-order valence-electron chi connectivity index (χ3n) is 2.52. The molecule has 0 spiro atoms. The Bertz CT molecular complexity index is 532. The number of rotatable bonds is 4. The van der Waals surface area contributed by atoms with E-state index in [4.69, 9.17) is 11.5 Å². The SMILES string of the molecule is NC(=O)CC1=CNC=CC=C1.NC(=O)CC1=CNC=CC=C1.O. The van der Waals surface area contributed by atoms with E-state index in [1.807, 2.05) is 36.5 Å². The molecule has 124 valence electrons. The first-order valence-corrected chi connectivity index (χ1v) is 6.71. The summed E-state index contributed by atoms with van der Waals surface area (Å²) in [6.45, 7) is 0. The Morgan fingerprint density at radius 1 is 0.783 bits per heavy atom. The fraction of sp³-hybridized carbons (Fsp3) is 0.125. The lowest BCUT2D eigenvalue weighted by molar-refractivity contribution is -0.118. The first-order valence-electron chi connectivity index (χ1n) is 6.71. The molecule has 2 rings (SSSR count). The number of carbonyl (C=O) groups excluding carboxylic acids is 2. The summed E-state index contributed by atoms with van der Waals surface area (Å²) in [6, 6.07) is 0. The summed E-state index contributed by atoms with van der Waals surface area (Å²) < 4.78 is 0. The molecule has 0 aromatic carbocycles. The highest BCUT2D eigenvalue weighted by atomic mass is 16.1. The molecule has 0 saturated carbocycles. The molecule has 23 heavy (non-hydrogen) atoms. The van der Waals surface area contributed by atoms with Gasteiger partial charge in [0, 0.05) is 24.8 Å². The summed E-state index contributed by atoms with van der Waals surface area (Å²) in [5, 5.41) is 5.78. The van der Waals surface area contributed by atoms with Crippen molar-refractivity contribution in [1.82, 2.24) is 10.6 Å². The van der Waals surface area contributed by atoms with Crippen LogP contribution in [0.1, 0.15) is 12.8 Å². The second kappa shape index (κ2) is 11.6. The van der Waals surface area contributed by atoms with E-state index < -0.39 is 0 Å². The maximum atomic E-state index is 10.5. The zero-order valence-corrected chi connectivity index (χ0v) is 12.7. The fourth-order valence-electron chi connectivity index (χ4n) is 1.61. The van der Waals surface area contributed by atoms with Gasteiger partial charge in [0.05, 0.1) is 12.8 Å². The van der Waals surface area contributed by atoms with Crippen LogP contribution in [0.4, 0.5) is 0 Å². The van der Waals surface area contributed by atoms with Crippen molar-refractivity contribution < 1.29 is 15.1 Å². The largest absolute Gasteiger partial charge is 0.412 e. The van der Waals surface area contributed by atoms with Crippen molar-refractivity contribution in [2.24, 2.45) is 11.5 Å². The highest BCUT2D eigenvalue weighted by Crippen LogP contribution is 2.04. The van der Waals surface area contributed by atoms with Crippen LogP contribution in [0.3, 0.4) is 0 Å². The van der Waals surface area contributed by atoms with Gasteiger partial charge < -0.3 is 27.6 Å². The molecule has 7 heteroatoms. The summed E-state index contributed by atoms with van der Waals surface area (Å²) in [6.07, 6.45) is 18.8. The monoisotopic (exact) mass is 318 g/mol. The van der Waals surface area contributed by atoms with Gasteiger partial charge >= 0.3 is 0 Å². The molecule has 0 radical (unpaired) electrons. The first kappa shape index (κ1) is 19.9. The van der Waals surface area contributed by atoms with Crippen molar-refractivity contribution in [3.8, 4) is 0 Å². The van der Waals surface area contributed by atoms with Crippen LogP contribution in [-0.2, 0) is 9.59 Å². The maximum Gasteiger partial charge on any atom is 0.221 e. The lowest BCUT2D eigenvalue weighted by Gasteiger charge is -1.95. The van der Waals surface area contributed by atoms with Crippen molar-refractivity contribution in [1.29, 1.82) is 0 Å². The second-order valence-electron chi connectivity index (χ2n) is 4.49. The predicted molar refractivity (Wildman–Crippen MR) is 90.2 cm³/mol. The number of amides is 2. The van der Waals surface area contributed by atoms with Gasteiger partial charge in [-0.2, -0.15) is 0 Å². The standard InChI is InChI=1S/2C8H10N2O.H2O/c2*9-8(11)5-7-3-1-2-4-10-6-7;/h2*1-4,6,10H,5H2,(H2,9,11);1H2. The molecule has 0 fully saturated rings. The molecule has 0 aromatic heterocycles. The van der Waals surface area contributed by atoms with E-state index in [0.717, 1.165) is 11.1 Å². The molecule has 0 unspecified atom stereocenters. The third kappa shape index (κ3) is 10.3. The topological polar surface area (TPSA) is 142 Å². The molecule has 0 bridgehead atoms. The number of nitrogens with two attached hydrogens (primary N) is 2. The molecule has 7 nitrogen and oxygen atoms in total. The minimum atomic E-state index is -0.315. The Morgan fingerprint density at radius 2 is 1.17 bits per heavy atom. The average Bonchev–Trinajstić information content (AvgIpc) is 2.83. The van der Waals surface area contributed by atoms with Gasteiger partial charge in [0.15, 0.2) is 0 Å². The quantitative estimate of drug-likeness (QED) is 0.579. The first-order chi connectivity index (χ1) is 10.6. The molecule has 2 heterocycles. The van der Waals surface area contributed by atoms with Crippen molar-refractivity contribution in [3.63, 3.8) is 0 Å². The van der Waals surface area contributed by atoms with E-state index in [2.05, 4.69) is 10.6 Å². The number of hydrogen-bond donors (Lipinski definition) is 4. The molecule has 0 atom stereocenters. The van der Waals surface area contributed by atoms with Crippen molar-refractivity contribution >= 4 is 11.8 Å². The van der Waals surface area contributed by atoms with Gasteiger partial charge in [-0.15, -0.1) is 0 Å². The van der Waals surface area contributed by atoms with Gasteiger partial charge in [-0.25, -0.2) is 0 Å². The lowest BCUT2D eigenvalue weighted by atomic mass is 10.2. The molecule has 0 aliphatic carbocycles. The summed E-state index contributed by atoms with van der Waals surface area (Å²) in [5.41, 5.74) is 11.8. The van der Waals surface area contributed by atoms with Crippen LogP contribution in [0.25, 0.3) is 0 Å². The van der Waals surface area contributed by atoms with Gasteiger partial charge in [-0.1, -0.05) is 24.3 Å². The molecular weight excluding hydrogens is 296 g/mol. The van der Waals surface area contributed by atoms with Crippen LogP contribution < -0.4 is 22.1 Å². The Kier molecular flexibility index (Phi) is 10.0. The maximum absolute atomic E-state index is 10.5. The summed E-state index contributed by atoms with van der Waals surface area (Å²) >= 11 is 0. The van der Waals surface area contributed by atoms with Crippen molar-refractivity contribution in [2.75, 3.05) is 0 Å². The van der Waals surface area contributed by atoms with E-state index >= 15 is 0 Å². The van der Waals surface area contributed by atoms with Crippen LogP contribution in [0.15, 0.2) is 72.4 Å². The minimum Gasteiger partial charge on any atom is -0.412 e. The highest BCUT2D eigenvalue weighted by molar-refractivity contribution is 5.77. The third-order valence-corrected chi connectivity index (χ3v) is 2.52. The zero-order chi connectivity index (χ0) is 16.2. The Hall–Kier alpha value is -3.06.